The van der Waals surface area contributed by atoms with Crippen LogP contribution < -0.4 is 5.73 Å². The summed E-state index contributed by atoms with van der Waals surface area (Å²) >= 11 is 0. The molecule has 0 aromatic carbocycles. The summed E-state index contributed by atoms with van der Waals surface area (Å²) in [5.74, 6) is 0.421. The van der Waals surface area contributed by atoms with Gasteiger partial charge < -0.3 is 10.5 Å². The molecule has 3 unspecified atom stereocenters. The van der Waals surface area contributed by atoms with Crippen molar-refractivity contribution in [2.75, 3.05) is 0 Å². The van der Waals surface area contributed by atoms with Gasteiger partial charge in [0.2, 0.25) is 0 Å². The molecule has 1 amide bonds. The van der Waals surface area contributed by atoms with Crippen molar-refractivity contribution in [3.05, 3.63) is 0 Å². The molecule has 2 rings (SSSR count). The van der Waals surface area contributed by atoms with Crippen molar-refractivity contribution in [2.45, 2.75) is 37.9 Å². The first-order valence-electron chi connectivity index (χ1n) is 4.13. The highest BCUT2D eigenvalue weighted by molar-refractivity contribution is 5.87. The van der Waals surface area contributed by atoms with Crippen molar-refractivity contribution in [2.24, 2.45) is 11.7 Å². The largest absolute Gasteiger partial charge is 0.367 e. The lowest BCUT2D eigenvalue weighted by Gasteiger charge is -2.18. The molecule has 62 valence electrons. The Balaban J connectivity index is 2.08. The number of primary amides is 1. The molecule has 3 heteroatoms. The van der Waals surface area contributed by atoms with Crippen LogP contribution in [0.4, 0.5) is 0 Å². The standard InChI is InChI=1S/C8H13NO2/c1-5-2-3-8(7(9)10)6(4-5)11-8/h5-6H,2-4H2,1H3,(H2,9,10). The predicted molar refractivity (Wildman–Crippen MR) is 39.8 cm³/mol. The van der Waals surface area contributed by atoms with Crippen molar-refractivity contribution in [3.8, 4) is 0 Å². The Kier molecular flexibility index (Phi) is 1.27. The molecule has 3 nitrogen and oxygen atoms in total. The van der Waals surface area contributed by atoms with Crippen LogP contribution in [0.1, 0.15) is 26.2 Å². The van der Waals surface area contributed by atoms with E-state index in [1.54, 1.807) is 0 Å². The van der Waals surface area contributed by atoms with Gasteiger partial charge in [-0.15, -0.1) is 0 Å². The van der Waals surface area contributed by atoms with Crippen LogP contribution in [0.2, 0.25) is 0 Å². The van der Waals surface area contributed by atoms with Crippen LogP contribution in [0.15, 0.2) is 0 Å². The van der Waals surface area contributed by atoms with E-state index < -0.39 is 5.60 Å². The molecule has 0 aromatic heterocycles. The zero-order chi connectivity index (χ0) is 8.06. The number of nitrogens with two attached hydrogens (primary N) is 1. The lowest BCUT2D eigenvalue weighted by molar-refractivity contribution is -0.123. The van der Waals surface area contributed by atoms with Crippen LogP contribution in [-0.2, 0) is 9.53 Å². The summed E-state index contributed by atoms with van der Waals surface area (Å²) in [5, 5.41) is 0. The third-order valence-electron chi connectivity index (χ3n) is 2.86. The number of hydrogen-bond acceptors (Lipinski definition) is 2. The second kappa shape index (κ2) is 1.97. The fourth-order valence-electron chi connectivity index (χ4n) is 1.96. The summed E-state index contributed by atoms with van der Waals surface area (Å²) < 4.78 is 5.32. The van der Waals surface area contributed by atoms with E-state index in [9.17, 15) is 4.79 Å². The Morgan fingerprint density at radius 1 is 1.73 bits per heavy atom. The molecule has 11 heavy (non-hydrogen) atoms. The molecule has 2 aliphatic rings. The highest BCUT2D eigenvalue weighted by Gasteiger charge is 2.62. The summed E-state index contributed by atoms with van der Waals surface area (Å²) in [5.41, 5.74) is 4.69. The minimum Gasteiger partial charge on any atom is -0.367 e. The van der Waals surface area contributed by atoms with Gasteiger partial charge in [-0.2, -0.15) is 0 Å². The van der Waals surface area contributed by atoms with E-state index in [1.165, 1.54) is 0 Å². The van der Waals surface area contributed by atoms with E-state index in [4.69, 9.17) is 10.5 Å². The Labute approximate surface area is 65.9 Å². The van der Waals surface area contributed by atoms with Gasteiger partial charge in [0.1, 0.15) is 0 Å². The van der Waals surface area contributed by atoms with Gasteiger partial charge in [-0.3, -0.25) is 4.79 Å². The monoisotopic (exact) mass is 155 g/mol. The Hall–Kier alpha value is -0.570. The molecule has 1 aliphatic heterocycles. The van der Waals surface area contributed by atoms with Crippen molar-refractivity contribution in [3.63, 3.8) is 0 Å². The third-order valence-corrected chi connectivity index (χ3v) is 2.86. The SMILES string of the molecule is CC1CCC2(C(N)=O)OC2C1. The summed E-state index contributed by atoms with van der Waals surface area (Å²) in [4.78, 5) is 10.9. The quantitative estimate of drug-likeness (QED) is 0.558. The molecule has 1 heterocycles. The van der Waals surface area contributed by atoms with Gasteiger partial charge in [0.25, 0.3) is 5.91 Å². The number of ether oxygens (including phenoxy) is 1. The van der Waals surface area contributed by atoms with Gasteiger partial charge >= 0.3 is 0 Å². The maximum absolute atomic E-state index is 10.9. The molecule has 2 N–H and O–H groups in total. The first-order chi connectivity index (χ1) is 5.15. The van der Waals surface area contributed by atoms with E-state index in [2.05, 4.69) is 6.92 Å². The van der Waals surface area contributed by atoms with Gasteiger partial charge in [-0.25, -0.2) is 0 Å². The van der Waals surface area contributed by atoms with Crippen molar-refractivity contribution < 1.29 is 9.53 Å². The molecule has 0 radical (unpaired) electrons. The Bertz CT molecular complexity index is 204. The zero-order valence-corrected chi connectivity index (χ0v) is 6.67. The fraction of sp³-hybridized carbons (Fsp3) is 0.875. The zero-order valence-electron chi connectivity index (χ0n) is 6.67. The van der Waals surface area contributed by atoms with E-state index in [0.29, 0.717) is 5.92 Å². The minimum atomic E-state index is -0.535. The second-order valence-corrected chi connectivity index (χ2v) is 3.74. The first-order valence-corrected chi connectivity index (χ1v) is 4.13. The van der Waals surface area contributed by atoms with E-state index >= 15 is 0 Å². The van der Waals surface area contributed by atoms with Gasteiger partial charge in [-0.05, 0) is 25.2 Å². The average Bonchev–Trinajstić information content (AvgIpc) is 2.62. The molecule has 1 saturated carbocycles. The third kappa shape index (κ3) is 0.872. The number of rotatable bonds is 1. The first kappa shape index (κ1) is 7.10. The molecule has 0 aromatic rings. The predicted octanol–water partition coefficient (Wildman–Crippen LogP) is 0.429. The number of hydrogen-bond donors (Lipinski definition) is 1. The van der Waals surface area contributed by atoms with E-state index in [-0.39, 0.29) is 12.0 Å². The van der Waals surface area contributed by atoms with Gasteiger partial charge in [-0.1, -0.05) is 6.92 Å². The van der Waals surface area contributed by atoms with Crippen LogP contribution in [-0.4, -0.2) is 17.6 Å². The molecule has 1 aliphatic carbocycles. The topological polar surface area (TPSA) is 55.6 Å². The van der Waals surface area contributed by atoms with Crippen LogP contribution >= 0.6 is 0 Å². The summed E-state index contributed by atoms with van der Waals surface area (Å²) in [6, 6.07) is 0. The average molecular weight is 155 g/mol. The van der Waals surface area contributed by atoms with Gasteiger partial charge in [0.05, 0.1) is 6.10 Å². The molecule has 1 saturated heterocycles. The normalized spacial score (nSPS) is 48.1. The number of carbonyl (C=O) groups is 1. The maximum atomic E-state index is 10.9. The number of amides is 1. The second-order valence-electron chi connectivity index (χ2n) is 3.74. The van der Waals surface area contributed by atoms with Crippen molar-refractivity contribution >= 4 is 5.91 Å². The van der Waals surface area contributed by atoms with Crippen LogP contribution in [0, 0.1) is 5.92 Å². The van der Waals surface area contributed by atoms with E-state index in [1.807, 2.05) is 0 Å². The van der Waals surface area contributed by atoms with Gasteiger partial charge in [0.15, 0.2) is 5.60 Å². The van der Waals surface area contributed by atoms with Crippen molar-refractivity contribution in [1.29, 1.82) is 0 Å². The molecule has 3 atom stereocenters. The van der Waals surface area contributed by atoms with E-state index in [0.717, 1.165) is 19.3 Å². The lowest BCUT2D eigenvalue weighted by atomic mass is 9.83. The lowest BCUT2D eigenvalue weighted by Crippen LogP contribution is -2.37. The number of epoxide rings is 1. The Morgan fingerprint density at radius 2 is 2.45 bits per heavy atom. The highest BCUT2D eigenvalue weighted by atomic mass is 16.6. The van der Waals surface area contributed by atoms with Crippen molar-refractivity contribution in [1.82, 2.24) is 0 Å². The maximum Gasteiger partial charge on any atom is 0.252 e. The smallest absolute Gasteiger partial charge is 0.252 e. The summed E-state index contributed by atoms with van der Waals surface area (Å²) in [6.45, 7) is 2.19. The molecular weight excluding hydrogens is 142 g/mol. The molecule has 0 bridgehead atoms. The van der Waals surface area contributed by atoms with Gasteiger partial charge in [0, 0.05) is 0 Å². The highest BCUT2D eigenvalue weighted by Crippen LogP contribution is 2.49. The Morgan fingerprint density at radius 3 is 3.00 bits per heavy atom. The number of carbonyl (C=O) groups excluding carboxylic acids is 1. The van der Waals surface area contributed by atoms with Crippen LogP contribution in [0.3, 0.4) is 0 Å². The fourth-order valence-corrected chi connectivity index (χ4v) is 1.96. The summed E-state index contributed by atoms with van der Waals surface area (Å²) in [6.07, 6.45) is 3.04. The molecule has 0 spiro atoms. The number of fused-ring (bicyclic) bond motifs is 1. The minimum absolute atomic E-state index is 0.142. The van der Waals surface area contributed by atoms with Crippen LogP contribution in [0.5, 0.6) is 0 Å². The van der Waals surface area contributed by atoms with Crippen LogP contribution in [0.25, 0.3) is 0 Å². The summed E-state index contributed by atoms with van der Waals surface area (Å²) in [7, 11) is 0. The molecule has 2 fully saturated rings. The molecular formula is C8H13NO2.